The van der Waals surface area contributed by atoms with Gasteiger partial charge >= 0.3 is 0 Å². The summed E-state index contributed by atoms with van der Waals surface area (Å²) in [6.07, 6.45) is 3.20. The number of carbonyl (C=O) groups excluding carboxylic acids is 1. The van der Waals surface area contributed by atoms with Gasteiger partial charge in [-0.3, -0.25) is 14.5 Å². The van der Waals surface area contributed by atoms with Gasteiger partial charge < -0.3 is 4.74 Å². The van der Waals surface area contributed by atoms with E-state index in [0.29, 0.717) is 17.0 Å². The van der Waals surface area contributed by atoms with Crippen LogP contribution >= 0.6 is 0 Å². The predicted molar refractivity (Wildman–Crippen MR) is 71.6 cm³/mol. The van der Waals surface area contributed by atoms with Crippen LogP contribution in [-0.2, 0) is 0 Å². The van der Waals surface area contributed by atoms with Crippen LogP contribution in [0.4, 0.5) is 0 Å². The highest BCUT2D eigenvalue weighted by atomic mass is 16.5. The van der Waals surface area contributed by atoms with E-state index in [0.717, 1.165) is 5.69 Å². The van der Waals surface area contributed by atoms with E-state index in [9.17, 15) is 4.79 Å². The fraction of sp³-hybridized carbons (Fsp3) is 0.357. The van der Waals surface area contributed by atoms with Crippen LogP contribution in [0.5, 0.6) is 5.75 Å². The molecule has 100 valence electrons. The molecule has 0 spiro atoms. The minimum atomic E-state index is -0.103. The third-order valence-electron chi connectivity index (χ3n) is 2.84. The van der Waals surface area contributed by atoms with Gasteiger partial charge in [-0.1, -0.05) is 0 Å². The van der Waals surface area contributed by atoms with Gasteiger partial charge in [-0.25, -0.2) is 0 Å². The molecule has 5 nitrogen and oxygen atoms in total. The van der Waals surface area contributed by atoms with Crippen molar-refractivity contribution in [1.29, 1.82) is 0 Å². The fourth-order valence-corrected chi connectivity index (χ4v) is 1.93. The number of methoxy groups -OCH3 is 1. The predicted octanol–water partition coefficient (Wildman–Crippen LogP) is 2.41. The Hall–Kier alpha value is -2.17. The quantitative estimate of drug-likeness (QED) is 0.791. The van der Waals surface area contributed by atoms with E-state index < -0.39 is 0 Å². The fourth-order valence-electron chi connectivity index (χ4n) is 1.93. The molecule has 2 heterocycles. The van der Waals surface area contributed by atoms with Gasteiger partial charge in [-0.2, -0.15) is 5.10 Å². The number of hydrogen-bond donors (Lipinski definition) is 0. The van der Waals surface area contributed by atoms with Gasteiger partial charge in [0.25, 0.3) is 0 Å². The van der Waals surface area contributed by atoms with Crippen LogP contribution in [0, 0.1) is 6.92 Å². The lowest BCUT2D eigenvalue weighted by atomic mass is 10.1. The molecule has 0 aliphatic heterocycles. The highest BCUT2D eigenvalue weighted by molar-refractivity contribution is 6.09. The smallest absolute Gasteiger partial charge is 0.214 e. The third-order valence-corrected chi connectivity index (χ3v) is 2.84. The summed E-state index contributed by atoms with van der Waals surface area (Å²) in [6.45, 7) is 5.80. The molecule has 0 saturated heterocycles. The van der Waals surface area contributed by atoms with Crippen LogP contribution < -0.4 is 4.74 Å². The van der Waals surface area contributed by atoms with E-state index in [1.54, 1.807) is 29.2 Å². The molecule has 2 aromatic rings. The zero-order chi connectivity index (χ0) is 14.0. The molecule has 0 saturated carbocycles. The summed E-state index contributed by atoms with van der Waals surface area (Å²) in [6, 6.07) is 3.55. The highest BCUT2D eigenvalue weighted by Gasteiger charge is 2.22. The molecule has 0 aromatic carbocycles. The molecule has 0 amide bonds. The van der Waals surface area contributed by atoms with Crippen LogP contribution in [0.1, 0.15) is 41.6 Å². The molecule has 0 aliphatic rings. The molecular formula is C14H17N3O2. The van der Waals surface area contributed by atoms with Gasteiger partial charge in [0.2, 0.25) is 5.78 Å². The molecule has 0 fully saturated rings. The molecule has 0 aliphatic carbocycles. The normalized spacial score (nSPS) is 10.8. The first-order chi connectivity index (χ1) is 9.04. The highest BCUT2D eigenvalue weighted by Crippen LogP contribution is 2.24. The van der Waals surface area contributed by atoms with Crippen molar-refractivity contribution >= 4 is 5.78 Å². The Morgan fingerprint density at radius 2 is 2.16 bits per heavy atom. The molecule has 5 heteroatoms. The monoisotopic (exact) mass is 259 g/mol. The van der Waals surface area contributed by atoms with Crippen LogP contribution in [0.15, 0.2) is 24.5 Å². The average Bonchev–Trinajstić information content (AvgIpc) is 2.81. The number of rotatable bonds is 4. The number of ether oxygens (including phenoxy) is 1. The van der Waals surface area contributed by atoms with Crippen molar-refractivity contribution in [2.75, 3.05) is 7.11 Å². The van der Waals surface area contributed by atoms with E-state index >= 15 is 0 Å². The summed E-state index contributed by atoms with van der Waals surface area (Å²) in [5.74, 6) is 0.390. The third kappa shape index (κ3) is 2.50. The second-order valence-corrected chi connectivity index (χ2v) is 4.61. The Morgan fingerprint density at radius 1 is 1.42 bits per heavy atom. The first-order valence-corrected chi connectivity index (χ1v) is 6.13. The van der Waals surface area contributed by atoms with E-state index in [1.165, 1.54) is 7.11 Å². The summed E-state index contributed by atoms with van der Waals surface area (Å²) in [7, 11) is 1.54. The Bertz CT molecular complexity index is 602. The van der Waals surface area contributed by atoms with Gasteiger partial charge in [0.1, 0.15) is 0 Å². The van der Waals surface area contributed by atoms with E-state index in [-0.39, 0.29) is 11.8 Å². The molecule has 0 atom stereocenters. The lowest BCUT2D eigenvalue weighted by molar-refractivity contribution is 0.102. The lowest BCUT2D eigenvalue weighted by Gasteiger charge is -2.11. The standard InChI is InChI=1S/C14H17N3O2/c1-9(2)17-13(12(19-4)8-16-17)14(18)11-5-6-15-10(3)7-11/h5-9H,1-4H3. The van der Waals surface area contributed by atoms with Gasteiger partial charge in [0, 0.05) is 23.5 Å². The zero-order valence-electron chi connectivity index (χ0n) is 11.5. The first kappa shape index (κ1) is 13.3. The molecule has 0 radical (unpaired) electrons. The SMILES string of the molecule is COc1cnn(C(C)C)c1C(=O)c1ccnc(C)c1. The molecule has 19 heavy (non-hydrogen) atoms. The van der Waals surface area contributed by atoms with Crippen molar-refractivity contribution in [1.82, 2.24) is 14.8 Å². The number of aromatic nitrogens is 3. The van der Waals surface area contributed by atoms with E-state index in [1.807, 2.05) is 20.8 Å². The van der Waals surface area contributed by atoms with Gasteiger partial charge in [-0.05, 0) is 32.9 Å². The maximum Gasteiger partial charge on any atom is 0.214 e. The van der Waals surface area contributed by atoms with Crippen molar-refractivity contribution in [3.8, 4) is 5.75 Å². The minimum absolute atomic E-state index is 0.0887. The summed E-state index contributed by atoms with van der Waals surface area (Å²) < 4.78 is 6.91. The minimum Gasteiger partial charge on any atom is -0.493 e. The van der Waals surface area contributed by atoms with Gasteiger partial charge in [0.15, 0.2) is 11.4 Å². The summed E-state index contributed by atoms with van der Waals surface area (Å²) in [5.41, 5.74) is 1.87. The summed E-state index contributed by atoms with van der Waals surface area (Å²) >= 11 is 0. The van der Waals surface area contributed by atoms with Crippen molar-refractivity contribution in [3.63, 3.8) is 0 Å². The summed E-state index contributed by atoms with van der Waals surface area (Å²) in [4.78, 5) is 16.7. The Kier molecular flexibility index (Phi) is 3.64. The van der Waals surface area contributed by atoms with Crippen LogP contribution in [0.25, 0.3) is 0 Å². The van der Waals surface area contributed by atoms with E-state index in [4.69, 9.17) is 4.74 Å². The number of nitrogens with zero attached hydrogens (tertiary/aromatic N) is 3. The van der Waals surface area contributed by atoms with Crippen molar-refractivity contribution in [2.45, 2.75) is 26.8 Å². The molecule has 2 rings (SSSR count). The van der Waals surface area contributed by atoms with Crippen molar-refractivity contribution < 1.29 is 9.53 Å². The first-order valence-electron chi connectivity index (χ1n) is 6.13. The van der Waals surface area contributed by atoms with Gasteiger partial charge in [-0.15, -0.1) is 0 Å². The van der Waals surface area contributed by atoms with Gasteiger partial charge in [0.05, 0.1) is 13.3 Å². The average molecular weight is 259 g/mol. The van der Waals surface area contributed by atoms with Crippen LogP contribution in [0.3, 0.4) is 0 Å². The topological polar surface area (TPSA) is 57.0 Å². The van der Waals surface area contributed by atoms with Crippen molar-refractivity contribution in [3.05, 3.63) is 41.5 Å². The van der Waals surface area contributed by atoms with Crippen LogP contribution in [0.2, 0.25) is 0 Å². The maximum absolute atomic E-state index is 12.6. The Morgan fingerprint density at radius 3 is 2.74 bits per heavy atom. The largest absolute Gasteiger partial charge is 0.493 e. The zero-order valence-corrected chi connectivity index (χ0v) is 11.5. The second kappa shape index (κ2) is 5.22. The molecule has 2 aromatic heterocycles. The number of pyridine rings is 1. The molecule has 0 bridgehead atoms. The van der Waals surface area contributed by atoms with Crippen molar-refractivity contribution in [2.24, 2.45) is 0 Å². The molecule has 0 unspecified atom stereocenters. The second-order valence-electron chi connectivity index (χ2n) is 4.61. The van der Waals surface area contributed by atoms with E-state index in [2.05, 4.69) is 10.1 Å². The Balaban J connectivity index is 2.51. The summed E-state index contributed by atoms with van der Waals surface area (Å²) in [5, 5.41) is 4.21. The number of ketones is 1. The molecular weight excluding hydrogens is 242 g/mol. The number of hydrogen-bond acceptors (Lipinski definition) is 4. The molecule has 0 N–H and O–H groups in total. The Labute approximate surface area is 112 Å². The maximum atomic E-state index is 12.6. The lowest BCUT2D eigenvalue weighted by Crippen LogP contribution is -2.14. The van der Waals surface area contributed by atoms with Crippen LogP contribution in [-0.4, -0.2) is 27.7 Å². The number of carbonyl (C=O) groups is 1. The number of aryl methyl sites for hydroxylation is 1.